The first-order chi connectivity index (χ1) is 12.1. The normalized spacial score (nSPS) is 14.3. The van der Waals surface area contributed by atoms with Crippen molar-refractivity contribution < 1.29 is 12.8 Å². The molecule has 1 aliphatic heterocycles. The third-order valence-electron chi connectivity index (χ3n) is 4.12. The van der Waals surface area contributed by atoms with Crippen LogP contribution in [0.4, 0.5) is 5.69 Å². The smallest absolute Gasteiger partial charge is 0.297 e. The van der Waals surface area contributed by atoms with Crippen LogP contribution in [-0.4, -0.2) is 25.2 Å². The molecule has 4 rings (SSSR count). The van der Waals surface area contributed by atoms with E-state index in [1.54, 1.807) is 6.07 Å². The summed E-state index contributed by atoms with van der Waals surface area (Å²) in [7, 11) is -3.80. The van der Waals surface area contributed by atoms with Crippen LogP contribution in [0.1, 0.15) is 12.0 Å². The van der Waals surface area contributed by atoms with Crippen LogP contribution in [0.5, 0.6) is 0 Å². The summed E-state index contributed by atoms with van der Waals surface area (Å²) in [5.74, 6) is 0.278. The van der Waals surface area contributed by atoms with E-state index in [2.05, 4.69) is 10.2 Å². The molecule has 7 nitrogen and oxygen atoms in total. The predicted molar refractivity (Wildman–Crippen MR) is 91.9 cm³/mol. The fourth-order valence-corrected chi connectivity index (χ4v) is 4.39. The van der Waals surface area contributed by atoms with E-state index in [1.165, 1.54) is 28.6 Å². The summed E-state index contributed by atoms with van der Waals surface area (Å²) >= 11 is 0. The zero-order valence-electron chi connectivity index (χ0n) is 13.2. The number of fused-ring (bicyclic) bond motifs is 1. The van der Waals surface area contributed by atoms with Gasteiger partial charge in [-0.1, -0.05) is 18.2 Å². The van der Waals surface area contributed by atoms with Gasteiger partial charge in [0.25, 0.3) is 15.6 Å². The van der Waals surface area contributed by atoms with Gasteiger partial charge in [0, 0.05) is 12.6 Å². The first-order valence-corrected chi connectivity index (χ1v) is 9.26. The van der Waals surface area contributed by atoms with Crippen molar-refractivity contribution in [2.75, 3.05) is 10.8 Å². The van der Waals surface area contributed by atoms with Crippen molar-refractivity contribution in [1.82, 2.24) is 10.2 Å². The number of aromatic nitrogens is 2. The Morgan fingerprint density at radius 3 is 2.72 bits per heavy atom. The highest BCUT2D eigenvalue weighted by Crippen LogP contribution is 2.33. The van der Waals surface area contributed by atoms with E-state index in [0.717, 1.165) is 18.4 Å². The van der Waals surface area contributed by atoms with Gasteiger partial charge < -0.3 is 4.42 Å². The number of rotatable bonds is 3. The van der Waals surface area contributed by atoms with E-state index < -0.39 is 10.0 Å². The highest BCUT2D eigenvalue weighted by atomic mass is 32.2. The quantitative estimate of drug-likeness (QED) is 0.775. The van der Waals surface area contributed by atoms with E-state index in [0.29, 0.717) is 17.9 Å². The Kier molecular flexibility index (Phi) is 3.69. The molecule has 128 valence electrons. The van der Waals surface area contributed by atoms with Gasteiger partial charge in [0.15, 0.2) is 5.76 Å². The van der Waals surface area contributed by atoms with E-state index >= 15 is 0 Å². The topological polar surface area (TPSA) is 96.3 Å². The molecule has 3 aromatic rings. The van der Waals surface area contributed by atoms with Crippen LogP contribution in [0, 0.1) is 0 Å². The first kappa shape index (κ1) is 15.6. The average molecular weight is 357 g/mol. The molecule has 8 heteroatoms. The number of nitrogens with one attached hydrogen (secondary N) is 1. The van der Waals surface area contributed by atoms with Gasteiger partial charge in [-0.15, -0.1) is 0 Å². The molecule has 0 bridgehead atoms. The standard InChI is InChI=1S/C17H15N3O4S/c21-16-9-7-13(18-19-16)15-8-10-17(24-15)25(22,23)20-11-3-5-12-4-1-2-6-14(12)20/h1-2,4,6-10H,3,5,11H2,(H,19,21). The number of para-hydroxylation sites is 1. The lowest BCUT2D eigenvalue weighted by molar-refractivity contribution is 0.457. The molecule has 0 saturated carbocycles. The number of benzene rings is 1. The molecule has 0 atom stereocenters. The lowest BCUT2D eigenvalue weighted by Gasteiger charge is -2.29. The molecule has 0 fully saturated rings. The number of aromatic amines is 1. The summed E-state index contributed by atoms with van der Waals surface area (Å²) in [5.41, 5.74) is 1.72. The van der Waals surface area contributed by atoms with Crippen molar-refractivity contribution in [2.45, 2.75) is 17.9 Å². The van der Waals surface area contributed by atoms with Gasteiger partial charge in [0.1, 0.15) is 5.69 Å². The van der Waals surface area contributed by atoms with Gasteiger partial charge >= 0.3 is 0 Å². The minimum Gasteiger partial charge on any atom is -0.441 e. The van der Waals surface area contributed by atoms with Crippen molar-refractivity contribution in [1.29, 1.82) is 0 Å². The number of hydrogen-bond acceptors (Lipinski definition) is 5. The Balaban J connectivity index is 1.73. The largest absolute Gasteiger partial charge is 0.441 e. The van der Waals surface area contributed by atoms with Crippen molar-refractivity contribution in [3.05, 3.63) is 64.4 Å². The molecule has 0 amide bonds. The van der Waals surface area contributed by atoms with Gasteiger partial charge in [-0.25, -0.2) is 5.10 Å². The molecule has 1 N–H and O–H groups in total. The van der Waals surface area contributed by atoms with Gasteiger partial charge in [-0.05, 0) is 42.7 Å². The zero-order valence-corrected chi connectivity index (χ0v) is 14.0. The fraction of sp³-hybridized carbons (Fsp3) is 0.176. The summed E-state index contributed by atoms with van der Waals surface area (Å²) in [6.45, 7) is 0.409. The third kappa shape index (κ3) is 2.74. The molecular formula is C17H15N3O4S. The second kappa shape index (κ2) is 5.89. The Morgan fingerprint density at radius 1 is 1.08 bits per heavy atom. The monoisotopic (exact) mass is 357 g/mol. The molecule has 1 aliphatic rings. The van der Waals surface area contributed by atoms with Crippen molar-refractivity contribution >= 4 is 15.7 Å². The molecule has 1 aromatic carbocycles. The molecule has 0 aliphatic carbocycles. The van der Waals surface area contributed by atoms with E-state index in [-0.39, 0.29) is 16.4 Å². The maximum Gasteiger partial charge on any atom is 0.297 e. The second-order valence-corrected chi connectivity index (χ2v) is 7.53. The number of H-pyrrole nitrogens is 1. The van der Waals surface area contributed by atoms with Gasteiger partial charge in [0.05, 0.1) is 5.69 Å². The third-order valence-corrected chi connectivity index (χ3v) is 5.81. The van der Waals surface area contributed by atoms with Crippen LogP contribution in [0.3, 0.4) is 0 Å². The molecule has 0 spiro atoms. The predicted octanol–water partition coefficient (Wildman–Crippen LogP) is 2.17. The van der Waals surface area contributed by atoms with Crippen molar-refractivity contribution in [3.63, 3.8) is 0 Å². The lowest BCUT2D eigenvalue weighted by Crippen LogP contribution is -2.35. The lowest BCUT2D eigenvalue weighted by atomic mass is 10.0. The Bertz CT molecular complexity index is 1060. The Morgan fingerprint density at radius 2 is 1.92 bits per heavy atom. The molecule has 0 radical (unpaired) electrons. The maximum atomic E-state index is 13.0. The maximum absolute atomic E-state index is 13.0. The highest BCUT2D eigenvalue weighted by Gasteiger charge is 2.31. The SMILES string of the molecule is O=c1ccc(-c2ccc(S(=O)(=O)N3CCCc4ccccc43)o2)n[nH]1. The fourth-order valence-electron chi connectivity index (χ4n) is 2.94. The molecule has 0 saturated heterocycles. The Labute approximate surface area is 144 Å². The minimum absolute atomic E-state index is 0.146. The molecule has 0 unspecified atom stereocenters. The first-order valence-electron chi connectivity index (χ1n) is 7.82. The molecule has 25 heavy (non-hydrogen) atoms. The van der Waals surface area contributed by atoms with E-state index in [9.17, 15) is 13.2 Å². The summed E-state index contributed by atoms with van der Waals surface area (Å²) in [6.07, 6.45) is 1.61. The number of nitrogens with zero attached hydrogens (tertiary/aromatic N) is 2. The van der Waals surface area contributed by atoms with Gasteiger partial charge in [0.2, 0.25) is 5.09 Å². The summed E-state index contributed by atoms with van der Waals surface area (Å²) < 4.78 is 32.9. The van der Waals surface area contributed by atoms with Crippen LogP contribution in [0.25, 0.3) is 11.5 Å². The highest BCUT2D eigenvalue weighted by molar-refractivity contribution is 7.92. The number of aryl methyl sites for hydroxylation is 1. The van der Waals surface area contributed by atoms with Crippen molar-refractivity contribution in [3.8, 4) is 11.5 Å². The van der Waals surface area contributed by atoms with Crippen LogP contribution in [0.2, 0.25) is 0 Å². The molecule has 3 heterocycles. The summed E-state index contributed by atoms with van der Waals surface area (Å²) in [4.78, 5) is 11.1. The number of furan rings is 1. The van der Waals surface area contributed by atoms with Gasteiger partial charge in [-0.3, -0.25) is 9.10 Å². The number of anilines is 1. The number of sulfonamides is 1. The van der Waals surface area contributed by atoms with Crippen LogP contribution >= 0.6 is 0 Å². The molecule has 2 aromatic heterocycles. The summed E-state index contributed by atoms with van der Waals surface area (Å²) in [5, 5.41) is 6.00. The average Bonchev–Trinajstić information content (AvgIpc) is 3.13. The van der Waals surface area contributed by atoms with Crippen molar-refractivity contribution in [2.24, 2.45) is 0 Å². The van der Waals surface area contributed by atoms with Crippen LogP contribution in [0.15, 0.2) is 62.8 Å². The van der Waals surface area contributed by atoms with Gasteiger partial charge in [-0.2, -0.15) is 13.5 Å². The Hall–Kier alpha value is -2.87. The molecular weight excluding hydrogens is 342 g/mol. The second-order valence-electron chi connectivity index (χ2n) is 5.73. The van der Waals surface area contributed by atoms with Crippen LogP contribution < -0.4 is 9.86 Å². The number of hydrogen-bond donors (Lipinski definition) is 1. The van der Waals surface area contributed by atoms with Crippen LogP contribution in [-0.2, 0) is 16.4 Å². The summed E-state index contributed by atoms with van der Waals surface area (Å²) in [6, 6.07) is 13.2. The minimum atomic E-state index is -3.80. The van der Waals surface area contributed by atoms with E-state index in [4.69, 9.17) is 4.42 Å². The van der Waals surface area contributed by atoms with E-state index in [1.807, 2.05) is 18.2 Å². The zero-order chi connectivity index (χ0) is 17.4.